The Morgan fingerprint density at radius 3 is 2.40 bits per heavy atom. The molecule has 214 valence electrons. The third kappa shape index (κ3) is 8.32. The number of halogens is 1. The van der Waals surface area contributed by atoms with Crippen LogP contribution in [0, 0.1) is 13.8 Å². The molecular formula is C30H35ClN2O7. The van der Waals surface area contributed by atoms with Gasteiger partial charge in [0.15, 0.2) is 0 Å². The normalized spacial score (nSPS) is 11.7. The van der Waals surface area contributed by atoms with Crippen molar-refractivity contribution in [1.29, 1.82) is 0 Å². The molecule has 3 aromatic rings. The number of fused-ring (bicyclic) bond motifs is 1. The number of methoxy groups -OCH3 is 1. The van der Waals surface area contributed by atoms with Crippen molar-refractivity contribution in [1.82, 2.24) is 10.6 Å². The quantitative estimate of drug-likeness (QED) is 0.192. The third-order valence-corrected chi connectivity index (χ3v) is 7.10. The summed E-state index contributed by atoms with van der Waals surface area (Å²) in [5.41, 5.74) is 2.64. The molecule has 0 aliphatic heterocycles. The summed E-state index contributed by atoms with van der Waals surface area (Å²) in [7, 11) is 1.55. The average molecular weight is 571 g/mol. The summed E-state index contributed by atoms with van der Waals surface area (Å²) in [5, 5.41) is 15.7. The van der Waals surface area contributed by atoms with Gasteiger partial charge in [-0.15, -0.1) is 0 Å². The van der Waals surface area contributed by atoms with Gasteiger partial charge in [-0.05, 0) is 68.5 Å². The molecule has 0 saturated heterocycles. The van der Waals surface area contributed by atoms with Crippen LogP contribution < -0.4 is 21.0 Å². The van der Waals surface area contributed by atoms with E-state index in [1.165, 1.54) is 0 Å². The lowest BCUT2D eigenvalue weighted by atomic mass is 10.00. The molecular weight excluding hydrogens is 536 g/mol. The smallest absolute Gasteiger partial charge is 0.339 e. The molecule has 0 bridgehead atoms. The summed E-state index contributed by atoms with van der Waals surface area (Å²) >= 11 is 5.98. The number of carboxylic acid groups (broad SMARTS) is 1. The molecule has 1 heterocycles. The van der Waals surface area contributed by atoms with Gasteiger partial charge in [-0.25, -0.2) is 4.79 Å². The van der Waals surface area contributed by atoms with Crippen molar-refractivity contribution in [3.8, 4) is 5.75 Å². The lowest BCUT2D eigenvalue weighted by Gasteiger charge is -2.19. The van der Waals surface area contributed by atoms with E-state index >= 15 is 0 Å². The molecule has 0 aliphatic carbocycles. The fourth-order valence-electron chi connectivity index (χ4n) is 4.56. The number of carboxylic acids is 1. The molecule has 10 heteroatoms. The number of ether oxygens (including phenoxy) is 1. The number of nitrogens with one attached hydrogen (secondary N) is 2. The number of aryl methyl sites for hydroxylation is 2. The van der Waals surface area contributed by atoms with E-state index in [4.69, 9.17) is 25.9 Å². The van der Waals surface area contributed by atoms with Gasteiger partial charge in [-0.1, -0.05) is 30.2 Å². The molecule has 0 fully saturated rings. The number of carbonyl (C=O) groups is 3. The molecule has 0 aliphatic rings. The Morgan fingerprint density at radius 2 is 1.73 bits per heavy atom. The van der Waals surface area contributed by atoms with Crippen molar-refractivity contribution in [2.45, 2.75) is 64.8 Å². The van der Waals surface area contributed by atoms with E-state index in [9.17, 15) is 19.2 Å². The Labute approximate surface area is 237 Å². The van der Waals surface area contributed by atoms with Crippen LogP contribution >= 0.6 is 11.6 Å². The van der Waals surface area contributed by atoms with Gasteiger partial charge < -0.3 is 24.9 Å². The van der Waals surface area contributed by atoms with Crippen molar-refractivity contribution in [2.75, 3.05) is 13.7 Å². The fourth-order valence-corrected chi connectivity index (χ4v) is 4.69. The molecule has 0 radical (unpaired) electrons. The molecule has 3 rings (SSSR count). The van der Waals surface area contributed by atoms with E-state index in [-0.39, 0.29) is 37.5 Å². The SMILES string of the molecule is COc1ccc2c(C)c(CCC(=O)N[C@@H](Cc3ccc(Cl)cc3)C(=O)NCCCCCC(=O)O)c(=O)oc2c1C. The van der Waals surface area contributed by atoms with Gasteiger partial charge in [-0.2, -0.15) is 0 Å². The Balaban J connectivity index is 1.67. The minimum atomic E-state index is -0.846. The summed E-state index contributed by atoms with van der Waals surface area (Å²) in [6.45, 7) is 4.01. The highest BCUT2D eigenvalue weighted by Gasteiger charge is 2.22. The summed E-state index contributed by atoms with van der Waals surface area (Å²) in [6.07, 6.45) is 2.32. The van der Waals surface area contributed by atoms with Crippen molar-refractivity contribution in [3.63, 3.8) is 0 Å². The number of hydrogen-bond donors (Lipinski definition) is 3. The first-order valence-corrected chi connectivity index (χ1v) is 13.6. The van der Waals surface area contributed by atoms with E-state index < -0.39 is 17.6 Å². The standard InChI is InChI=1S/C30H35ClN2O7/c1-18-22-12-14-25(39-3)19(2)28(22)40-30(38)23(18)13-15-26(34)33-24(17-20-8-10-21(31)11-9-20)29(37)32-16-6-4-5-7-27(35)36/h8-12,14,24H,4-7,13,15-17H2,1-3H3,(H,32,37)(H,33,34)(H,35,36)/t24-/m0/s1. The molecule has 9 nitrogen and oxygen atoms in total. The highest BCUT2D eigenvalue weighted by Crippen LogP contribution is 2.29. The van der Waals surface area contributed by atoms with Crippen molar-refractivity contribution < 1.29 is 28.6 Å². The van der Waals surface area contributed by atoms with Crippen molar-refractivity contribution in [3.05, 3.63) is 74.1 Å². The first-order chi connectivity index (χ1) is 19.1. The Morgan fingerprint density at radius 1 is 1.00 bits per heavy atom. The number of benzene rings is 2. The van der Waals surface area contributed by atoms with Crippen molar-refractivity contribution in [2.24, 2.45) is 0 Å². The van der Waals surface area contributed by atoms with Crippen LogP contribution in [0.3, 0.4) is 0 Å². The number of carbonyl (C=O) groups excluding carboxylic acids is 2. The largest absolute Gasteiger partial charge is 0.496 e. The van der Waals surface area contributed by atoms with Gasteiger partial charge >= 0.3 is 11.6 Å². The highest BCUT2D eigenvalue weighted by atomic mass is 35.5. The molecule has 0 unspecified atom stereocenters. The number of aliphatic carboxylic acids is 1. The zero-order valence-electron chi connectivity index (χ0n) is 23.0. The van der Waals surface area contributed by atoms with Gasteiger partial charge in [0.05, 0.1) is 7.11 Å². The first-order valence-electron chi connectivity index (χ1n) is 13.2. The second-order valence-electron chi connectivity index (χ2n) is 9.71. The summed E-state index contributed by atoms with van der Waals surface area (Å²) in [5.74, 6) is -0.943. The number of unbranched alkanes of at least 4 members (excludes halogenated alkanes) is 2. The minimum absolute atomic E-state index is 0.00811. The van der Waals surface area contributed by atoms with Gasteiger partial charge in [0.2, 0.25) is 11.8 Å². The topological polar surface area (TPSA) is 135 Å². The maximum Gasteiger partial charge on any atom is 0.339 e. The van der Waals surface area contributed by atoms with E-state index in [2.05, 4.69) is 10.6 Å². The Kier molecular flexibility index (Phi) is 11.1. The predicted octanol–water partition coefficient (Wildman–Crippen LogP) is 4.49. The molecule has 2 amide bonds. The van der Waals surface area contributed by atoms with Crippen LogP contribution in [0.1, 0.15) is 54.4 Å². The zero-order chi connectivity index (χ0) is 29.2. The summed E-state index contributed by atoms with van der Waals surface area (Å²) in [4.78, 5) is 49.4. The van der Waals surface area contributed by atoms with E-state index in [0.717, 1.165) is 22.1 Å². The van der Waals surface area contributed by atoms with Crippen molar-refractivity contribution >= 4 is 40.4 Å². The average Bonchev–Trinajstić information content (AvgIpc) is 2.91. The molecule has 0 spiro atoms. The van der Waals surface area contributed by atoms with Crippen LogP contribution in [-0.2, 0) is 27.2 Å². The van der Waals surface area contributed by atoms with Gasteiger partial charge in [0.1, 0.15) is 17.4 Å². The van der Waals surface area contributed by atoms with E-state index in [1.54, 1.807) is 31.4 Å². The minimum Gasteiger partial charge on any atom is -0.496 e. The third-order valence-electron chi connectivity index (χ3n) is 6.85. The van der Waals surface area contributed by atoms with Crippen LogP contribution in [0.25, 0.3) is 11.0 Å². The highest BCUT2D eigenvalue weighted by molar-refractivity contribution is 6.30. The summed E-state index contributed by atoms with van der Waals surface area (Å²) in [6, 6.07) is 9.83. The molecule has 1 aromatic heterocycles. The second-order valence-corrected chi connectivity index (χ2v) is 10.1. The van der Waals surface area contributed by atoms with Crippen LogP contribution in [-0.4, -0.2) is 42.6 Å². The number of amides is 2. The predicted molar refractivity (Wildman–Crippen MR) is 153 cm³/mol. The maximum absolute atomic E-state index is 13.0. The molecule has 0 saturated carbocycles. The van der Waals surface area contributed by atoms with Gasteiger partial charge in [-0.3, -0.25) is 14.4 Å². The van der Waals surface area contributed by atoms with Gasteiger partial charge in [0, 0.05) is 47.3 Å². The lowest BCUT2D eigenvalue weighted by molar-refractivity contribution is -0.137. The Bertz CT molecular complexity index is 1420. The number of hydrogen-bond acceptors (Lipinski definition) is 6. The zero-order valence-corrected chi connectivity index (χ0v) is 23.7. The summed E-state index contributed by atoms with van der Waals surface area (Å²) < 4.78 is 10.9. The van der Waals surface area contributed by atoms with Crippen LogP contribution in [0.5, 0.6) is 5.75 Å². The fraction of sp³-hybridized carbons (Fsp3) is 0.400. The molecule has 2 aromatic carbocycles. The second kappa shape index (κ2) is 14.5. The maximum atomic E-state index is 13.0. The Hall–Kier alpha value is -3.85. The lowest BCUT2D eigenvalue weighted by Crippen LogP contribution is -2.48. The van der Waals surface area contributed by atoms with Gasteiger partial charge in [0.25, 0.3) is 0 Å². The van der Waals surface area contributed by atoms with Crippen LogP contribution in [0.2, 0.25) is 5.02 Å². The van der Waals surface area contributed by atoms with Crippen LogP contribution in [0.15, 0.2) is 45.6 Å². The molecule has 40 heavy (non-hydrogen) atoms. The number of rotatable bonds is 14. The van der Waals surface area contributed by atoms with E-state index in [0.29, 0.717) is 47.7 Å². The van der Waals surface area contributed by atoms with E-state index in [1.807, 2.05) is 26.0 Å². The first kappa shape index (κ1) is 30.7. The monoisotopic (exact) mass is 570 g/mol. The van der Waals surface area contributed by atoms with Crippen LogP contribution in [0.4, 0.5) is 0 Å². The molecule has 3 N–H and O–H groups in total. The molecule has 1 atom stereocenters.